The second-order valence-corrected chi connectivity index (χ2v) is 4.03. The predicted octanol–water partition coefficient (Wildman–Crippen LogP) is 0.678. The number of carbonyl (C=O) groups excluding carboxylic acids is 1. The molecule has 0 saturated heterocycles. The number of carbonyl (C=O) groups is 1. The van der Waals surface area contributed by atoms with Gasteiger partial charge in [-0.15, -0.1) is 0 Å². The van der Waals surface area contributed by atoms with Crippen LogP contribution in [0.2, 0.25) is 0 Å². The normalized spacial score (nSPS) is 25.1. The van der Waals surface area contributed by atoms with Gasteiger partial charge >= 0.3 is 5.97 Å². The van der Waals surface area contributed by atoms with Crippen molar-refractivity contribution in [1.29, 1.82) is 0 Å². The van der Waals surface area contributed by atoms with Crippen LogP contribution in [0.1, 0.15) is 25.7 Å². The van der Waals surface area contributed by atoms with Gasteiger partial charge in [0.2, 0.25) is 0 Å². The smallest absolute Gasteiger partial charge is 0.313 e. The molecule has 2 aliphatic rings. The number of hydrogen-bond acceptors (Lipinski definition) is 3. The van der Waals surface area contributed by atoms with E-state index in [-0.39, 0.29) is 11.4 Å². The van der Waals surface area contributed by atoms with Crippen LogP contribution < -0.4 is 5.73 Å². The molecule has 0 aromatic rings. The Bertz CT molecular complexity index is 195. The lowest BCUT2D eigenvalue weighted by atomic mass is 10.1. The fourth-order valence-corrected chi connectivity index (χ4v) is 1.27. The van der Waals surface area contributed by atoms with E-state index in [9.17, 15) is 4.79 Å². The Labute approximate surface area is 72.3 Å². The molecule has 2 fully saturated rings. The summed E-state index contributed by atoms with van der Waals surface area (Å²) in [6.45, 7) is 1.08. The molecule has 0 bridgehead atoms. The highest BCUT2D eigenvalue weighted by molar-refractivity contribution is 5.80. The fourth-order valence-electron chi connectivity index (χ4n) is 1.27. The molecule has 2 N–H and O–H groups in total. The second kappa shape index (κ2) is 2.73. The molecule has 2 saturated carbocycles. The van der Waals surface area contributed by atoms with Crippen LogP contribution in [0.4, 0.5) is 0 Å². The molecule has 0 aliphatic heterocycles. The molecule has 0 radical (unpaired) electrons. The third-order valence-corrected chi connectivity index (χ3v) is 2.82. The standard InChI is InChI=1S/C9H15NO2/c10-6-9(3-4-9)8(11)12-5-7-1-2-7/h7H,1-6,10H2. The van der Waals surface area contributed by atoms with Crippen LogP contribution in [0.3, 0.4) is 0 Å². The van der Waals surface area contributed by atoms with Gasteiger partial charge in [-0.05, 0) is 31.6 Å². The van der Waals surface area contributed by atoms with Gasteiger partial charge in [0.1, 0.15) is 0 Å². The summed E-state index contributed by atoms with van der Waals surface area (Å²) < 4.78 is 5.17. The lowest BCUT2D eigenvalue weighted by Crippen LogP contribution is -2.27. The molecule has 0 aromatic carbocycles. The van der Waals surface area contributed by atoms with Crippen molar-refractivity contribution >= 4 is 5.97 Å². The third-order valence-electron chi connectivity index (χ3n) is 2.82. The van der Waals surface area contributed by atoms with E-state index in [0.29, 0.717) is 19.1 Å². The van der Waals surface area contributed by atoms with E-state index in [2.05, 4.69) is 0 Å². The van der Waals surface area contributed by atoms with Crippen molar-refractivity contribution in [2.75, 3.05) is 13.2 Å². The largest absolute Gasteiger partial charge is 0.465 e. The van der Waals surface area contributed by atoms with Crippen LogP contribution in [0.15, 0.2) is 0 Å². The van der Waals surface area contributed by atoms with Gasteiger partial charge in [0.05, 0.1) is 12.0 Å². The molecular formula is C9H15NO2. The first-order chi connectivity index (χ1) is 5.77. The SMILES string of the molecule is NCC1(C(=O)OCC2CC2)CC1. The van der Waals surface area contributed by atoms with Crippen molar-refractivity contribution in [3.8, 4) is 0 Å². The number of rotatable bonds is 4. The summed E-state index contributed by atoms with van der Waals surface area (Å²) in [7, 11) is 0. The van der Waals surface area contributed by atoms with E-state index in [0.717, 1.165) is 12.8 Å². The van der Waals surface area contributed by atoms with Gasteiger partial charge in [0, 0.05) is 6.54 Å². The molecule has 3 heteroatoms. The zero-order valence-electron chi connectivity index (χ0n) is 7.21. The molecule has 68 valence electrons. The molecule has 0 spiro atoms. The van der Waals surface area contributed by atoms with Crippen LogP contribution in [-0.2, 0) is 9.53 Å². The van der Waals surface area contributed by atoms with Crippen LogP contribution in [-0.4, -0.2) is 19.1 Å². The first-order valence-electron chi connectivity index (χ1n) is 4.64. The minimum Gasteiger partial charge on any atom is -0.465 e. The minimum atomic E-state index is -0.269. The Hall–Kier alpha value is -0.570. The van der Waals surface area contributed by atoms with Crippen LogP contribution in [0.25, 0.3) is 0 Å². The Balaban J connectivity index is 1.75. The van der Waals surface area contributed by atoms with Crippen molar-refractivity contribution < 1.29 is 9.53 Å². The van der Waals surface area contributed by atoms with E-state index in [4.69, 9.17) is 10.5 Å². The molecule has 3 nitrogen and oxygen atoms in total. The Morgan fingerprint density at radius 2 is 2.17 bits per heavy atom. The van der Waals surface area contributed by atoms with Crippen molar-refractivity contribution in [1.82, 2.24) is 0 Å². The van der Waals surface area contributed by atoms with E-state index >= 15 is 0 Å². The highest BCUT2D eigenvalue weighted by Crippen LogP contribution is 2.46. The minimum absolute atomic E-state index is 0.0584. The van der Waals surface area contributed by atoms with Gasteiger partial charge in [-0.25, -0.2) is 0 Å². The van der Waals surface area contributed by atoms with Gasteiger partial charge in [-0.2, -0.15) is 0 Å². The zero-order chi connectivity index (χ0) is 8.60. The van der Waals surface area contributed by atoms with Gasteiger partial charge < -0.3 is 10.5 Å². The van der Waals surface area contributed by atoms with Gasteiger partial charge in [-0.1, -0.05) is 0 Å². The summed E-state index contributed by atoms with van der Waals surface area (Å²) in [6, 6.07) is 0. The van der Waals surface area contributed by atoms with Crippen molar-refractivity contribution in [2.24, 2.45) is 17.1 Å². The number of hydrogen-bond donors (Lipinski definition) is 1. The van der Waals surface area contributed by atoms with E-state index in [1.165, 1.54) is 12.8 Å². The Morgan fingerprint density at radius 3 is 2.58 bits per heavy atom. The monoisotopic (exact) mass is 169 g/mol. The average molecular weight is 169 g/mol. The summed E-state index contributed by atoms with van der Waals surface area (Å²) >= 11 is 0. The van der Waals surface area contributed by atoms with Crippen molar-refractivity contribution in [3.63, 3.8) is 0 Å². The first-order valence-corrected chi connectivity index (χ1v) is 4.64. The quantitative estimate of drug-likeness (QED) is 0.629. The average Bonchev–Trinajstić information content (AvgIpc) is 2.95. The molecule has 0 unspecified atom stereocenters. The van der Waals surface area contributed by atoms with Crippen LogP contribution in [0, 0.1) is 11.3 Å². The number of esters is 1. The molecule has 2 aliphatic carbocycles. The van der Waals surface area contributed by atoms with Gasteiger partial charge in [0.15, 0.2) is 0 Å². The molecule has 2 rings (SSSR count). The van der Waals surface area contributed by atoms with Gasteiger partial charge in [-0.3, -0.25) is 4.79 Å². The highest BCUT2D eigenvalue weighted by Gasteiger charge is 2.50. The zero-order valence-corrected chi connectivity index (χ0v) is 7.21. The summed E-state index contributed by atoms with van der Waals surface area (Å²) in [5, 5.41) is 0. The number of nitrogens with two attached hydrogens (primary N) is 1. The van der Waals surface area contributed by atoms with Crippen molar-refractivity contribution in [3.05, 3.63) is 0 Å². The summed E-state index contributed by atoms with van der Waals surface area (Å²) in [5.74, 6) is 0.597. The summed E-state index contributed by atoms with van der Waals surface area (Å²) in [6.07, 6.45) is 4.30. The van der Waals surface area contributed by atoms with Crippen LogP contribution >= 0.6 is 0 Å². The van der Waals surface area contributed by atoms with Gasteiger partial charge in [0.25, 0.3) is 0 Å². The maximum absolute atomic E-state index is 11.4. The Morgan fingerprint density at radius 1 is 1.50 bits per heavy atom. The lowest BCUT2D eigenvalue weighted by Gasteiger charge is -2.10. The lowest BCUT2D eigenvalue weighted by molar-refractivity contribution is -0.150. The predicted molar refractivity (Wildman–Crippen MR) is 44.4 cm³/mol. The second-order valence-electron chi connectivity index (χ2n) is 4.03. The van der Waals surface area contributed by atoms with E-state index in [1.54, 1.807) is 0 Å². The van der Waals surface area contributed by atoms with Crippen LogP contribution in [0.5, 0.6) is 0 Å². The maximum atomic E-state index is 11.4. The van der Waals surface area contributed by atoms with Crippen molar-refractivity contribution in [2.45, 2.75) is 25.7 Å². The third kappa shape index (κ3) is 1.46. The van der Waals surface area contributed by atoms with E-state index < -0.39 is 0 Å². The molecule has 0 atom stereocenters. The molecular weight excluding hydrogens is 154 g/mol. The molecule has 0 amide bonds. The van der Waals surface area contributed by atoms with E-state index in [1.807, 2.05) is 0 Å². The topological polar surface area (TPSA) is 52.3 Å². The summed E-state index contributed by atoms with van der Waals surface area (Å²) in [4.78, 5) is 11.4. The first kappa shape index (κ1) is 8.05. The molecule has 12 heavy (non-hydrogen) atoms. The fraction of sp³-hybridized carbons (Fsp3) is 0.889. The molecule has 0 aromatic heterocycles. The number of ether oxygens (including phenoxy) is 1. The Kier molecular flexibility index (Phi) is 1.83. The molecule has 0 heterocycles. The maximum Gasteiger partial charge on any atom is 0.313 e. The summed E-state index contributed by atoms with van der Waals surface area (Å²) in [5.41, 5.74) is 5.22. The highest BCUT2D eigenvalue weighted by atomic mass is 16.5.